The zero-order valence-electron chi connectivity index (χ0n) is 11.7. The highest BCUT2D eigenvalue weighted by Crippen LogP contribution is 2.13. The third kappa shape index (κ3) is 3.57. The molecule has 2 heterocycles. The molecule has 108 valence electrons. The molecule has 0 aliphatic heterocycles. The summed E-state index contributed by atoms with van der Waals surface area (Å²) in [6.45, 7) is 4.97. The summed E-state index contributed by atoms with van der Waals surface area (Å²) in [5, 5.41) is 7.59. The van der Waals surface area contributed by atoms with Gasteiger partial charge in [0, 0.05) is 25.4 Å². The molecule has 0 saturated carbocycles. The Labute approximate surface area is 122 Å². The van der Waals surface area contributed by atoms with Gasteiger partial charge in [-0.15, -0.1) is 0 Å². The van der Waals surface area contributed by atoms with Crippen molar-refractivity contribution in [3.63, 3.8) is 0 Å². The van der Waals surface area contributed by atoms with Gasteiger partial charge in [0.2, 0.25) is 11.2 Å². The Bertz CT molecular complexity index is 585. The molecule has 8 heteroatoms. The van der Waals surface area contributed by atoms with Crippen molar-refractivity contribution >= 4 is 17.5 Å². The van der Waals surface area contributed by atoms with E-state index in [0.29, 0.717) is 19.1 Å². The number of nitrogens with one attached hydrogen (secondary N) is 1. The van der Waals surface area contributed by atoms with Crippen LogP contribution >= 0.6 is 11.6 Å². The first kappa shape index (κ1) is 14.5. The Morgan fingerprint density at radius 2 is 2.10 bits per heavy atom. The van der Waals surface area contributed by atoms with Crippen LogP contribution in [0.25, 0.3) is 0 Å². The minimum atomic E-state index is 0.104. The molecule has 2 aromatic rings. The van der Waals surface area contributed by atoms with Gasteiger partial charge in [0.1, 0.15) is 0 Å². The molecule has 0 aliphatic carbocycles. The van der Waals surface area contributed by atoms with Gasteiger partial charge in [-0.1, -0.05) is 6.92 Å². The fraction of sp³-hybridized carbons (Fsp3) is 0.500. The highest BCUT2D eigenvalue weighted by atomic mass is 35.5. The van der Waals surface area contributed by atoms with E-state index in [0.717, 1.165) is 17.7 Å². The van der Waals surface area contributed by atoms with Crippen molar-refractivity contribution < 1.29 is 4.74 Å². The molecule has 2 aromatic heterocycles. The summed E-state index contributed by atoms with van der Waals surface area (Å²) in [7, 11) is 1.90. The Balaban J connectivity index is 2.10. The minimum Gasteiger partial charge on any atom is -0.464 e. The topological polar surface area (TPSA) is 77.8 Å². The van der Waals surface area contributed by atoms with Gasteiger partial charge in [0.25, 0.3) is 0 Å². The first-order valence-electron chi connectivity index (χ1n) is 6.42. The molecule has 0 amide bonds. The minimum absolute atomic E-state index is 0.104. The Morgan fingerprint density at radius 1 is 1.30 bits per heavy atom. The van der Waals surface area contributed by atoms with Crippen LogP contribution in [0.3, 0.4) is 0 Å². The number of aromatic nitrogens is 5. The van der Waals surface area contributed by atoms with E-state index in [1.54, 1.807) is 4.68 Å². The first-order chi connectivity index (χ1) is 9.62. The molecule has 1 N–H and O–H groups in total. The van der Waals surface area contributed by atoms with Crippen LogP contribution in [0, 0.1) is 0 Å². The standard InChI is InChI=1S/C12H17ClN6O/c1-4-9-8(7-19(3)18-9)6-14-11-15-10(13)16-12(17-11)20-5-2/h7H,4-6H2,1-3H3,(H,14,15,16,17). The summed E-state index contributed by atoms with van der Waals surface area (Å²) >= 11 is 5.83. The van der Waals surface area contributed by atoms with E-state index in [-0.39, 0.29) is 11.3 Å². The first-order valence-corrected chi connectivity index (χ1v) is 6.79. The van der Waals surface area contributed by atoms with Gasteiger partial charge >= 0.3 is 6.01 Å². The molecule has 0 saturated heterocycles. The van der Waals surface area contributed by atoms with E-state index in [1.807, 2.05) is 20.2 Å². The molecule has 0 radical (unpaired) electrons. The molecule has 0 atom stereocenters. The van der Waals surface area contributed by atoms with Gasteiger partial charge in [-0.25, -0.2) is 0 Å². The maximum atomic E-state index is 5.83. The molecule has 0 fully saturated rings. The Morgan fingerprint density at radius 3 is 2.80 bits per heavy atom. The maximum absolute atomic E-state index is 5.83. The van der Waals surface area contributed by atoms with Crippen LogP contribution in [0.4, 0.5) is 5.95 Å². The molecular formula is C12H17ClN6O. The zero-order valence-corrected chi connectivity index (χ0v) is 12.5. The lowest BCUT2D eigenvalue weighted by atomic mass is 10.2. The van der Waals surface area contributed by atoms with Gasteiger partial charge < -0.3 is 10.1 Å². The smallest absolute Gasteiger partial charge is 0.322 e. The second-order valence-corrected chi connectivity index (χ2v) is 4.46. The van der Waals surface area contributed by atoms with Crippen molar-refractivity contribution in [1.29, 1.82) is 0 Å². The van der Waals surface area contributed by atoms with E-state index >= 15 is 0 Å². The molecule has 0 aliphatic rings. The number of halogens is 1. The molecule has 2 rings (SSSR count). The molecule has 20 heavy (non-hydrogen) atoms. The van der Waals surface area contributed by atoms with Crippen molar-refractivity contribution in [1.82, 2.24) is 24.7 Å². The van der Waals surface area contributed by atoms with Gasteiger partial charge in [-0.2, -0.15) is 20.1 Å². The molecule has 0 spiro atoms. The third-order valence-corrected chi connectivity index (χ3v) is 2.79. The van der Waals surface area contributed by atoms with Gasteiger partial charge in [0.05, 0.1) is 12.3 Å². The Kier molecular flexibility index (Phi) is 4.73. The number of rotatable bonds is 6. The van der Waals surface area contributed by atoms with Crippen LogP contribution in [0.1, 0.15) is 25.1 Å². The molecule has 0 aromatic carbocycles. The second-order valence-electron chi connectivity index (χ2n) is 4.13. The van der Waals surface area contributed by atoms with Gasteiger partial charge in [0.15, 0.2) is 0 Å². The molecule has 0 unspecified atom stereocenters. The summed E-state index contributed by atoms with van der Waals surface area (Å²) in [6, 6.07) is 0.219. The SMILES string of the molecule is CCOc1nc(Cl)nc(NCc2cn(C)nc2CC)n1. The molecule has 7 nitrogen and oxygen atoms in total. The van der Waals surface area contributed by atoms with E-state index < -0.39 is 0 Å². The van der Waals surface area contributed by atoms with Crippen molar-refractivity contribution in [3.05, 3.63) is 22.7 Å². The predicted octanol–water partition coefficient (Wildman–Crippen LogP) is 1.83. The van der Waals surface area contributed by atoms with Crippen LogP contribution < -0.4 is 10.1 Å². The average molecular weight is 297 g/mol. The summed E-state index contributed by atoms with van der Waals surface area (Å²) in [5.74, 6) is 0.388. The van der Waals surface area contributed by atoms with E-state index in [4.69, 9.17) is 16.3 Å². The normalized spacial score (nSPS) is 10.6. The van der Waals surface area contributed by atoms with E-state index in [9.17, 15) is 0 Å². The second kappa shape index (κ2) is 6.51. The summed E-state index contributed by atoms with van der Waals surface area (Å²) in [6.07, 6.45) is 2.85. The van der Waals surface area contributed by atoms with Gasteiger partial charge in [-0.3, -0.25) is 4.68 Å². The fourth-order valence-electron chi connectivity index (χ4n) is 1.81. The largest absolute Gasteiger partial charge is 0.464 e. The van der Waals surface area contributed by atoms with Gasteiger partial charge in [-0.05, 0) is 24.9 Å². The number of aryl methyl sites for hydroxylation is 2. The summed E-state index contributed by atoms with van der Waals surface area (Å²) in [5.41, 5.74) is 2.15. The summed E-state index contributed by atoms with van der Waals surface area (Å²) < 4.78 is 7.02. The highest BCUT2D eigenvalue weighted by molar-refractivity contribution is 6.28. The lowest BCUT2D eigenvalue weighted by Gasteiger charge is -2.06. The van der Waals surface area contributed by atoms with Crippen LogP contribution in [0.15, 0.2) is 6.20 Å². The number of nitrogens with zero attached hydrogens (tertiary/aromatic N) is 5. The number of anilines is 1. The molecular weight excluding hydrogens is 280 g/mol. The number of hydrogen-bond acceptors (Lipinski definition) is 6. The lowest BCUT2D eigenvalue weighted by molar-refractivity contribution is 0.312. The maximum Gasteiger partial charge on any atom is 0.322 e. The van der Waals surface area contributed by atoms with Crippen LogP contribution in [-0.4, -0.2) is 31.3 Å². The van der Waals surface area contributed by atoms with Crippen molar-refractivity contribution in [2.45, 2.75) is 26.8 Å². The van der Waals surface area contributed by atoms with Crippen LogP contribution in [-0.2, 0) is 20.0 Å². The molecule has 0 bridgehead atoms. The van der Waals surface area contributed by atoms with Crippen LogP contribution in [0.2, 0.25) is 5.28 Å². The lowest BCUT2D eigenvalue weighted by Crippen LogP contribution is -2.07. The number of ether oxygens (including phenoxy) is 1. The Hall–Kier alpha value is -1.89. The fourth-order valence-corrected chi connectivity index (χ4v) is 1.96. The number of hydrogen-bond donors (Lipinski definition) is 1. The third-order valence-electron chi connectivity index (χ3n) is 2.62. The highest BCUT2D eigenvalue weighted by Gasteiger charge is 2.09. The van der Waals surface area contributed by atoms with E-state index in [2.05, 4.69) is 32.3 Å². The predicted molar refractivity (Wildman–Crippen MR) is 75.9 cm³/mol. The van der Waals surface area contributed by atoms with Crippen molar-refractivity contribution in [2.75, 3.05) is 11.9 Å². The monoisotopic (exact) mass is 296 g/mol. The van der Waals surface area contributed by atoms with E-state index in [1.165, 1.54) is 0 Å². The van der Waals surface area contributed by atoms with Crippen molar-refractivity contribution in [2.24, 2.45) is 7.05 Å². The summed E-state index contributed by atoms with van der Waals surface area (Å²) in [4.78, 5) is 12.0. The quantitative estimate of drug-likeness (QED) is 0.876. The zero-order chi connectivity index (χ0) is 14.5. The van der Waals surface area contributed by atoms with Crippen LogP contribution in [0.5, 0.6) is 6.01 Å². The van der Waals surface area contributed by atoms with Crippen molar-refractivity contribution in [3.8, 4) is 6.01 Å². The average Bonchev–Trinajstić information content (AvgIpc) is 2.76.